The van der Waals surface area contributed by atoms with Crippen LogP contribution in [0.2, 0.25) is 5.02 Å². The summed E-state index contributed by atoms with van der Waals surface area (Å²) in [5, 5.41) is 1.17. The van der Waals surface area contributed by atoms with Crippen LogP contribution in [-0.4, -0.2) is 24.1 Å². The Morgan fingerprint density at radius 1 is 0.971 bits per heavy atom. The molecule has 5 nitrogen and oxygen atoms in total. The van der Waals surface area contributed by atoms with E-state index in [9.17, 15) is 9.59 Å². The number of hydrogen-bond acceptors (Lipinski definition) is 3. The highest BCUT2D eigenvalue weighted by molar-refractivity contribution is 6.30. The van der Waals surface area contributed by atoms with E-state index in [1.165, 1.54) is 6.20 Å². The highest BCUT2D eigenvalue weighted by atomic mass is 35.5. The number of anilines is 1. The predicted octanol–water partition coefficient (Wildman–Crippen LogP) is 6.00. The van der Waals surface area contributed by atoms with E-state index in [1.807, 2.05) is 54.6 Å². The Labute approximate surface area is 209 Å². The van der Waals surface area contributed by atoms with Gasteiger partial charge in [0.15, 0.2) is 0 Å². The number of rotatable bonds is 6. The molecule has 0 radical (unpaired) electrons. The van der Waals surface area contributed by atoms with Crippen LogP contribution in [0.4, 0.5) is 5.69 Å². The van der Waals surface area contributed by atoms with Gasteiger partial charge in [0.1, 0.15) is 5.56 Å². The molecule has 6 heteroatoms. The van der Waals surface area contributed by atoms with Crippen LogP contribution in [-0.2, 0) is 17.7 Å². The Hall–Kier alpha value is -3.41. The maximum Gasteiger partial charge on any atom is 0.264 e. The third-order valence-electron chi connectivity index (χ3n) is 6.61. The van der Waals surface area contributed by atoms with Crippen LogP contribution in [0.1, 0.15) is 34.3 Å². The zero-order valence-corrected chi connectivity index (χ0v) is 20.1. The minimum absolute atomic E-state index is 0.124. The van der Waals surface area contributed by atoms with Crippen molar-refractivity contribution in [1.29, 1.82) is 0 Å². The SMILES string of the molecule is O=C(c1c[nH]c2ccc(CC3CCOCC3)cc2c1=O)N(Cc1ccc(Cl)cc1)c1ccccc1. The topological polar surface area (TPSA) is 62.4 Å². The number of carbonyl (C=O) groups is 1. The predicted molar refractivity (Wildman–Crippen MR) is 140 cm³/mol. The number of aromatic nitrogens is 1. The van der Waals surface area contributed by atoms with Crippen LogP contribution in [0.3, 0.4) is 0 Å². The lowest BCUT2D eigenvalue weighted by Gasteiger charge is -2.23. The summed E-state index contributed by atoms with van der Waals surface area (Å²) in [6.07, 6.45) is 4.50. The summed E-state index contributed by atoms with van der Waals surface area (Å²) in [6, 6.07) is 22.7. The van der Waals surface area contributed by atoms with Gasteiger partial charge in [-0.15, -0.1) is 0 Å². The molecule has 0 saturated carbocycles. The fraction of sp³-hybridized carbons (Fsp3) is 0.241. The van der Waals surface area contributed by atoms with E-state index in [-0.39, 0.29) is 16.9 Å². The summed E-state index contributed by atoms with van der Waals surface area (Å²) in [7, 11) is 0. The minimum Gasteiger partial charge on any atom is -0.381 e. The van der Waals surface area contributed by atoms with E-state index in [0.29, 0.717) is 22.9 Å². The maximum absolute atomic E-state index is 13.7. The quantitative estimate of drug-likeness (QED) is 0.363. The molecule has 1 amide bonds. The Morgan fingerprint density at radius 2 is 1.69 bits per heavy atom. The number of para-hydroxylation sites is 1. The highest BCUT2D eigenvalue weighted by Crippen LogP contribution is 2.23. The van der Waals surface area contributed by atoms with Gasteiger partial charge in [-0.05, 0) is 72.7 Å². The van der Waals surface area contributed by atoms with Gasteiger partial charge in [-0.3, -0.25) is 9.59 Å². The summed E-state index contributed by atoms with van der Waals surface area (Å²) in [5.74, 6) is 0.210. The van der Waals surface area contributed by atoms with Crippen molar-refractivity contribution in [3.63, 3.8) is 0 Å². The third kappa shape index (κ3) is 5.31. The van der Waals surface area contributed by atoms with Crippen molar-refractivity contribution in [1.82, 2.24) is 4.98 Å². The number of pyridine rings is 1. The number of H-pyrrole nitrogens is 1. The minimum atomic E-state index is -0.343. The number of hydrogen-bond donors (Lipinski definition) is 1. The van der Waals surface area contributed by atoms with Crippen LogP contribution in [0.15, 0.2) is 83.8 Å². The van der Waals surface area contributed by atoms with Crippen molar-refractivity contribution in [3.8, 4) is 0 Å². The summed E-state index contributed by atoms with van der Waals surface area (Å²) in [5.41, 5.74) is 3.35. The molecule has 4 aromatic rings. The Morgan fingerprint density at radius 3 is 2.43 bits per heavy atom. The molecule has 1 saturated heterocycles. The zero-order chi connectivity index (χ0) is 24.2. The molecule has 0 unspecified atom stereocenters. The standard InChI is InChI=1S/C29H27ClN2O3/c30-23-9-6-21(7-10-23)19-32(24-4-2-1-3-5-24)29(34)26-18-31-27-11-8-22(17-25(27)28(26)33)16-20-12-14-35-15-13-20/h1-11,17-18,20H,12-16,19H2,(H,31,33). The molecular weight excluding hydrogens is 460 g/mol. The fourth-order valence-corrected chi connectivity index (χ4v) is 4.77. The molecule has 0 atom stereocenters. The number of nitrogens with one attached hydrogen (secondary N) is 1. The summed E-state index contributed by atoms with van der Waals surface area (Å²) in [4.78, 5) is 32.1. The molecule has 1 fully saturated rings. The average Bonchev–Trinajstić information content (AvgIpc) is 2.90. The Bertz CT molecular complexity index is 1380. The van der Waals surface area contributed by atoms with Gasteiger partial charge in [0.2, 0.25) is 5.43 Å². The Balaban J connectivity index is 1.49. The van der Waals surface area contributed by atoms with Crippen molar-refractivity contribution in [3.05, 3.63) is 111 Å². The van der Waals surface area contributed by atoms with E-state index in [1.54, 1.807) is 17.0 Å². The molecular formula is C29H27ClN2O3. The van der Waals surface area contributed by atoms with Gasteiger partial charge in [0.25, 0.3) is 5.91 Å². The van der Waals surface area contributed by atoms with Crippen molar-refractivity contribution in [2.75, 3.05) is 18.1 Å². The van der Waals surface area contributed by atoms with Gasteiger partial charge < -0.3 is 14.6 Å². The number of aromatic amines is 1. The van der Waals surface area contributed by atoms with Crippen LogP contribution in [0.25, 0.3) is 10.9 Å². The van der Waals surface area contributed by atoms with Gasteiger partial charge in [-0.2, -0.15) is 0 Å². The molecule has 5 rings (SSSR count). The van der Waals surface area contributed by atoms with Crippen LogP contribution in [0, 0.1) is 5.92 Å². The number of halogens is 1. The smallest absolute Gasteiger partial charge is 0.264 e. The van der Waals surface area contributed by atoms with Gasteiger partial charge >= 0.3 is 0 Å². The Kier molecular flexibility index (Phi) is 6.98. The largest absolute Gasteiger partial charge is 0.381 e. The second-order valence-corrected chi connectivity index (χ2v) is 9.46. The van der Waals surface area contributed by atoms with Crippen molar-refractivity contribution in [2.24, 2.45) is 5.92 Å². The lowest BCUT2D eigenvalue weighted by Crippen LogP contribution is -2.34. The first-order valence-corrected chi connectivity index (χ1v) is 12.3. The molecule has 0 bridgehead atoms. The number of nitrogens with zero attached hydrogens (tertiary/aromatic N) is 1. The van der Waals surface area contributed by atoms with Gasteiger partial charge in [0, 0.05) is 41.0 Å². The molecule has 35 heavy (non-hydrogen) atoms. The van der Waals surface area contributed by atoms with Crippen molar-refractivity contribution >= 4 is 34.1 Å². The molecule has 1 N–H and O–H groups in total. The van der Waals surface area contributed by atoms with E-state index in [4.69, 9.17) is 16.3 Å². The first-order valence-electron chi connectivity index (χ1n) is 11.9. The van der Waals surface area contributed by atoms with Crippen molar-refractivity contribution < 1.29 is 9.53 Å². The second-order valence-electron chi connectivity index (χ2n) is 9.02. The normalized spacial score (nSPS) is 14.2. The first kappa shape index (κ1) is 23.3. The number of fused-ring (bicyclic) bond motifs is 1. The molecule has 1 aliphatic rings. The summed E-state index contributed by atoms with van der Waals surface area (Å²) >= 11 is 6.04. The van der Waals surface area contributed by atoms with Crippen LogP contribution < -0.4 is 10.3 Å². The molecule has 1 aromatic heterocycles. The second kappa shape index (κ2) is 10.5. The lowest BCUT2D eigenvalue weighted by atomic mass is 9.92. The third-order valence-corrected chi connectivity index (χ3v) is 6.86. The summed E-state index contributed by atoms with van der Waals surface area (Å²) < 4.78 is 5.47. The monoisotopic (exact) mass is 486 g/mol. The molecule has 0 spiro atoms. The molecule has 3 aromatic carbocycles. The highest BCUT2D eigenvalue weighted by Gasteiger charge is 2.22. The van der Waals surface area contributed by atoms with E-state index in [0.717, 1.165) is 54.8 Å². The zero-order valence-electron chi connectivity index (χ0n) is 19.4. The van der Waals surface area contributed by atoms with E-state index >= 15 is 0 Å². The first-order chi connectivity index (χ1) is 17.1. The van der Waals surface area contributed by atoms with E-state index in [2.05, 4.69) is 11.1 Å². The molecule has 2 heterocycles. The molecule has 178 valence electrons. The van der Waals surface area contributed by atoms with Gasteiger partial charge in [0.05, 0.1) is 6.54 Å². The molecule has 0 aliphatic carbocycles. The van der Waals surface area contributed by atoms with Gasteiger partial charge in [-0.1, -0.05) is 48.0 Å². The number of ether oxygens (including phenoxy) is 1. The van der Waals surface area contributed by atoms with E-state index < -0.39 is 0 Å². The fourth-order valence-electron chi connectivity index (χ4n) is 4.64. The maximum atomic E-state index is 13.7. The number of carbonyl (C=O) groups excluding carboxylic acids is 1. The summed E-state index contributed by atoms with van der Waals surface area (Å²) in [6.45, 7) is 1.90. The number of amides is 1. The average molecular weight is 487 g/mol. The van der Waals surface area contributed by atoms with Gasteiger partial charge in [-0.25, -0.2) is 0 Å². The van der Waals surface area contributed by atoms with Crippen molar-refractivity contribution in [2.45, 2.75) is 25.8 Å². The van der Waals surface area contributed by atoms with Crippen LogP contribution in [0.5, 0.6) is 0 Å². The lowest BCUT2D eigenvalue weighted by molar-refractivity contribution is 0.0665. The molecule has 1 aliphatic heterocycles. The van der Waals surface area contributed by atoms with Crippen LogP contribution >= 0.6 is 11.6 Å². The number of benzene rings is 3.